The molecule has 0 N–H and O–H groups in total. The van der Waals surface area contributed by atoms with Gasteiger partial charge in [0.15, 0.2) is 5.78 Å². The number of carbonyl (C=O) groups is 1. The van der Waals surface area contributed by atoms with Gasteiger partial charge in [0.1, 0.15) is 0 Å². The van der Waals surface area contributed by atoms with Crippen LogP contribution < -0.4 is 0 Å². The summed E-state index contributed by atoms with van der Waals surface area (Å²) in [4.78, 5) is 13.6. The predicted molar refractivity (Wildman–Crippen MR) is 70.2 cm³/mol. The number of ketones is 1. The second-order valence-corrected chi connectivity index (χ2v) is 7.01. The average Bonchev–Trinajstić information content (AvgIpc) is 2.89. The van der Waals surface area contributed by atoms with E-state index in [0.717, 1.165) is 24.3 Å². The lowest BCUT2D eigenvalue weighted by Crippen LogP contribution is -2.20. The number of hydrogen-bond donors (Lipinski definition) is 0. The van der Waals surface area contributed by atoms with Crippen LogP contribution in [0.3, 0.4) is 0 Å². The summed E-state index contributed by atoms with van der Waals surface area (Å²) in [7, 11) is -1.10. The summed E-state index contributed by atoms with van der Waals surface area (Å²) in [6.07, 6.45) is 2.10. The second kappa shape index (κ2) is 5.89. The Morgan fingerprint density at radius 2 is 2.41 bits per heavy atom. The number of aryl methyl sites for hydroxylation is 1. The number of rotatable bonds is 5. The van der Waals surface area contributed by atoms with Gasteiger partial charge in [0, 0.05) is 22.3 Å². The van der Waals surface area contributed by atoms with Gasteiger partial charge in [-0.1, -0.05) is 0 Å². The second-order valence-electron chi connectivity index (χ2n) is 4.22. The van der Waals surface area contributed by atoms with Gasteiger partial charge in [-0.3, -0.25) is 9.00 Å². The zero-order valence-corrected chi connectivity index (χ0v) is 11.4. The molecule has 0 radical (unpaired) electrons. The van der Waals surface area contributed by atoms with Gasteiger partial charge in [-0.15, -0.1) is 11.3 Å². The Balaban J connectivity index is 1.83. The SMILES string of the molecule is Cc1ccc(C(=O)CS(=O)CC2CCCO2)s1. The van der Waals surface area contributed by atoms with E-state index in [9.17, 15) is 9.00 Å². The van der Waals surface area contributed by atoms with E-state index in [1.54, 1.807) is 0 Å². The first kappa shape index (κ1) is 12.9. The molecule has 1 aromatic rings. The summed E-state index contributed by atoms with van der Waals surface area (Å²) in [5.74, 6) is 0.607. The molecule has 0 saturated carbocycles. The molecule has 2 atom stereocenters. The standard InChI is InChI=1S/C12H16O3S2/c1-9-4-5-12(16-9)11(13)8-17(14)7-10-3-2-6-15-10/h4-5,10H,2-3,6-8H2,1H3. The number of ether oxygens (including phenoxy) is 1. The molecule has 0 spiro atoms. The fourth-order valence-corrected chi connectivity index (χ4v) is 3.98. The number of hydrogen-bond acceptors (Lipinski definition) is 4. The molecule has 1 saturated heterocycles. The van der Waals surface area contributed by atoms with Crippen molar-refractivity contribution in [3.63, 3.8) is 0 Å². The summed E-state index contributed by atoms with van der Waals surface area (Å²) in [6.45, 7) is 2.73. The molecule has 17 heavy (non-hydrogen) atoms. The average molecular weight is 272 g/mol. The van der Waals surface area contributed by atoms with Crippen molar-refractivity contribution >= 4 is 27.9 Å². The van der Waals surface area contributed by atoms with Crippen molar-refractivity contribution in [3.05, 3.63) is 21.9 Å². The van der Waals surface area contributed by atoms with E-state index in [1.165, 1.54) is 11.3 Å². The van der Waals surface area contributed by atoms with Crippen LogP contribution in [-0.4, -0.2) is 34.2 Å². The largest absolute Gasteiger partial charge is 0.377 e. The maximum Gasteiger partial charge on any atom is 0.185 e. The van der Waals surface area contributed by atoms with Crippen LogP contribution in [0.15, 0.2) is 12.1 Å². The Labute approximate surface area is 108 Å². The third-order valence-electron chi connectivity index (χ3n) is 2.70. The molecule has 0 aromatic carbocycles. The molecule has 94 valence electrons. The van der Waals surface area contributed by atoms with E-state index in [1.807, 2.05) is 19.1 Å². The molecule has 1 aliphatic rings. The summed E-state index contributed by atoms with van der Waals surface area (Å²) < 4.78 is 17.2. The summed E-state index contributed by atoms with van der Waals surface area (Å²) in [5.41, 5.74) is 0. The molecular formula is C12H16O3S2. The van der Waals surface area contributed by atoms with E-state index >= 15 is 0 Å². The van der Waals surface area contributed by atoms with Gasteiger partial charge >= 0.3 is 0 Å². The van der Waals surface area contributed by atoms with Crippen LogP contribution in [0.4, 0.5) is 0 Å². The number of carbonyl (C=O) groups excluding carboxylic acids is 1. The molecule has 0 aliphatic carbocycles. The van der Waals surface area contributed by atoms with Gasteiger partial charge in [0.2, 0.25) is 0 Å². The molecule has 0 bridgehead atoms. The lowest BCUT2D eigenvalue weighted by atomic mass is 10.3. The Kier molecular flexibility index (Phi) is 4.48. The highest BCUT2D eigenvalue weighted by Gasteiger charge is 2.20. The zero-order chi connectivity index (χ0) is 12.3. The van der Waals surface area contributed by atoms with Crippen molar-refractivity contribution in [2.75, 3.05) is 18.1 Å². The summed E-state index contributed by atoms with van der Waals surface area (Å²) >= 11 is 1.47. The molecule has 1 aliphatic heterocycles. The normalized spacial score (nSPS) is 21.6. The third kappa shape index (κ3) is 3.72. The molecule has 2 rings (SSSR count). The minimum atomic E-state index is -1.10. The van der Waals surface area contributed by atoms with Gasteiger partial charge in [-0.05, 0) is 31.9 Å². The molecule has 1 aromatic heterocycles. The van der Waals surface area contributed by atoms with Gasteiger partial charge in [0.05, 0.1) is 22.5 Å². The first-order valence-corrected chi connectivity index (χ1v) is 8.02. The maximum atomic E-state index is 11.8. The van der Waals surface area contributed by atoms with Crippen LogP contribution >= 0.6 is 11.3 Å². The van der Waals surface area contributed by atoms with Crippen LogP contribution in [0, 0.1) is 6.92 Å². The number of thiophene rings is 1. The molecular weight excluding hydrogens is 256 g/mol. The van der Waals surface area contributed by atoms with Crippen LogP contribution in [-0.2, 0) is 15.5 Å². The maximum absolute atomic E-state index is 11.8. The lowest BCUT2D eigenvalue weighted by Gasteiger charge is -2.07. The van der Waals surface area contributed by atoms with Crippen molar-refractivity contribution in [2.24, 2.45) is 0 Å². The van der Waals surface area contributed by atoms with Crippen molar-refractivity contribution in [1.82, 2.24) is 0 Å². The monoisotopic (exact) mass is 272 g/mol. The smallest absolute Gasteiger partial charge is 0.185 e. The van der Waals surface area contributed by atoms with E-state index < -0.39 is 10.8 Å². The minimum absolute atomic E-state index is 0.0144. The molecule has 1 fully saturated rings. The van der Waals surface area contributed by atoms with Gasteiger partial charge in [-0.25, -0.2) is 0 Å². The fraction of sp³-hybridized carbons (Fsp3) is 0.583. The number of Topliss-reactive ketones (excluding diaryl/α,β-unsaturated/α-hetero) is 1. The van der Waals surface area contributed by atoms with Crippen LogP contribution in [0.2, 0.25) is 0 Å². The first-order chi connectivity index (χ1) is 8.15. The Bertz CT molecular complexity index is 419. The lowest BCUT2D eigenvalue weighted by molar-refractivity contribution is 0.102. The molecule has 0 amide bonds. The van der Waals surface area contributed by atoms with Crippen LogP contribution in [0.1, 0.15) is 27.4 Å². The van der Waals surface area contributed by atoms with Crippen LogP contribution in [0.5, 0.6) is 0 Å². The molecule has 3 nitrogen and oxygen atoms in total. The van der Waals surface area contributed by atoms with E-state index in [0.29, 0.717) is 10.6 Å². The molecule has 2 unspecified atom stereocenters. The Hall–Kier alpha value is -0.520. The van der Waals surface area contributed by atoms with Gasteiger partial charge < -0.3 is 4.74 Å². The molecule has 5 heteroatoms. The van der Waals surface area contributed by atoms with Gasteiger partial charge in [-0.2, -0.15) is 0 Å². The minimum Gasteiger partial charge on any atom is -0.377 e. The highest BCUT2D eigenvalue weighted by atomic mass is 32.2. The quantitative estimate of drug-likeness (QED) is 0.772. The predicted octanol–water partition coefficient (Wildman–Crippen LogP) is 2.17. The fourth-order valence-electron chi connectivity index (χ4n) is 1.84. The highest BCUT2D eigenvalue weighted by Crippen LogP contribution is 2.17. The Morgan fingerprint density at radius 1 is 1.59 bits per heavy atom. The van der Waals surface area contributed by atoms with Crippen molar-refractivity contribution in [2.45, 2.75) is 25.9 Å². The molecule has 2 heterocycles. The Morgan fingerprint density at radius 3 is 3.00 bits per heavy atom. The van der Waals surface area contributed by atoms with Crippen molar-refractivity contribution < 1.29 is 13.7 Å². The van der Waals surface area contributed by atoms with E-state index in [2.05, 4.69) is 0 Å². The highest BCUT2D eigenvalue weighted by molar-refractivity contribution is 7.85. The third-order valence-corrected chi connectivity index (χ3v) is 5.07. The van der Waals surface area contributed by atoms with E-state index in [4.69, 9.17) is 4.74 Å². The summed E-state index contributed by atoms with van der Waals surface area (Å²) in [5, 5.41) is 0. The first-order valence-electron chi connectivity index (χ1n) is 5.71. The van der Waals surface area contributed by atoms with Crippen molar-refractivity contribution in [3.8, 4) is 0 Å². The van der Waals surface area contributed by atoms with E-state index in [-0.39, 0.29) is 17.6 Å². The summed E-state index contributed by atoms with van der Waals surface area (Å²) in [6, 6.07) is 3.73. The van der Waals surface area contributed by atoms with Gasteiger partial charge in [0.25, 0.3) is 0 Å². The zero-order valence-electron chi connectivity index (χ0n) is 9.81. The van der Waals surface area contributed by atoms with Crippen LogP contribution in [0.25, 0.3) is 0 Å². The topological polar surface area (TPSA) is 43.4 Å². The van der Waals surface area contributed by atoms with Crippen molar-refractivity contribution in [1.29, 1.82) is 0 Å².